The van der Waals surface area contributed by atoms with Crippen molar-refractivity contribution in [2.24, 2.45) is 0 Å². The van der Waals surface area contributed by atoms with Gasteiger partial charge in [-0.3, -0.25) is 4.79 Å². The van der Waals surface area contributed by atoms with Gasteiger partial charge in [0.2, 0.25) is 5.91 Å². The molecule has 0 saturated carbocycles. The van der Waals surface area contributed by atoms with E-state index in [2.05, 4.69) is 5.32 Å². The lowest BCUT2D eigenvalue weighted by molar-refractivity contribution is -0.116. The molecule has 7 heteroatoms. The number of nitrogens with one attached hydrogen (secondary N) is 1. The van der Waals surface area contributed by atoms with Gasteiger partial charge in [-0.1, -0.05) is 0 Å². The molecule has 0 bridgehead atoms. The predicted octanol–water partition coefficient (Wildman–Crippen LogP) is 2.03. The fourth-order valence-electron chi connectivity index (χ4n) is 1.42. The quantitative estimate of drug-likeness (QED) is 0.777. The number of halogens is 2. The van der Waals surface area contributed by atoms with Crippen LogP contribution >= 0.6 is 0 Å². The maximum atomic E-state index is 13.0. The van der Waals surface area contributed by atoms with E-state index in [1.807, 2.05) is 0 Å². The number of carbonyl (C=O) groups is 2. The molecule has 0 spiro atoms. The van der Waals surface area contributed by atoms with Crippen LogP contribution in [-0.2, 0) is 9.53 Å². The van der Waals surface area contributed by atoms with Crippen LogP contribution in [-0.4, -0.2) is 30.7 Å². The first-order chi connectivity index (χ1) is 8.95. The Labute approximate surface area is 108 Å². The average molecular weight is 273 g/mol. The van der Waals surface area contributed by atoms with Crippen molar-refractivity contribution in [3.05, 3.63) is 29.3 Å². The van der Waals surface area contributed by atoms with Crippen LogP contribution in [0.3, 0.4) is 0 Å². The minimum absolute atomic E-state index is 0.0892. The second kappa shape index (κ2) is 6.79. The maximum absolute atomic E-state index is 13.0. The molecule has 0 fully saturated rings. The highest BCUT2D eigenvalue weighted by Gasteiger charge is 2.16. The third kappa shape index (κ3) is 4.29. The predicted molar refractivity (Wildman–Crippen MR) is 63.1 cm³/mol. The number of amides is 1. The number of anilines is 1. The number of carboxylic acid groups (broad SMARTS) is 1. The number of benzene rings is 1. The third-order valence-electron chi connectivity index (χ3n) is 2.32. The summed E-state index contributed by atoms with van der Waals surface area (Å²) in [6, 6.07) is 1.18. The van der Waals surface area contributed by atoms with E-state index in [4.69, 9.17) is 9.84 Å². The molecule has 1 amide bonds. The summed E-state index contributed by atoms with van der Waals surface area (Å²) in [5.74, 6) is -4.45. The zero-order chi connectivity index (χ0) is 14.4. The van der Waals surface area contributed by atoms with E-state index in [1.54, 1.807) is 0 Å². The molecule has 1 aromatic rings. The zero-order valence-electron chi connectivity index (χ0n) is 10.2. The summed E-state index contributed by atoms with van der Waals surface area (Å²) in [4.78, 5) is 22.3. The van der Waals surface area contributed by atoms with Crippen molar-refractivity contribution in [3.63, 3.8) is 0 Å². The molecule has 0 aromatic heterocycles. The summed E-state index contributed by atoms with van der Waals surface area (Å²) >= 11 is 0. The molecule has 5 nitrogen and oxygen atoms in total. The van der Waals surface area contributed by atoms with Crippen molar-refractivity contribution in [2.75, 3.05) is 19.0 Å². The summed E-state index contributed by atoms with van der Waals surface area (Å²) in [6.07, 6.45) is 0.528. The summed E-state index contributed by atoms with van der Waals surface area (Å²) in [7, 11) is 1.48. The highest BCUT2D eigenvalue weighted by molar-refractivity contribution is 6.00. The largest absolute Gasteiger partial charge is 0.478 e. The lowest BCUT2D eigenvalue weighted by Gasteiger charge is -2.09. The van der Waals surface area contributed by atoms with Crippen LogP contribution in [0.5, 0.6) is 0 Å². The van der Waals surface area contributed by atoms with Crippen LogP contribution in [0.4, 0.5) is 14.5 Å². The molecule has 0 atom stereocenters. The lowest BCUT2D eigenvalue weighted by Crippen LogP contribution is -2.15. The monoisotopic (exact) mass is 273 g/mol. The summed E-state index contributed by atoms with van der Waals surface area (Å²) in [5.41, 5.74) is -0.771. The molecule has 1 aromatic carbocycles. The molecule has 2 N–H and O–H groups in total. The molecule has 104 valence electrons. The summed E-state index contributed by atoms with van der Waals surface area (Å²) in [5, 5.41) is 11.1. The van der Waals surface area contributed by atoms with Gasteiger partial charge < -0.3 is 15.2 Å². The summed E-state index contributed by atoms with van der Waals surface area (Å²) in [6.45, 7) is 0.372. The minimum atomic E-state index is -1.45. The van der Waals surface area contributed by atoms with Gasteiger partial charge in [-0.25, -0.2) is 13.6 Å². The van der Waals surface area contributed by atoms with Gasteiger partial charge >= 0.3 is 5.97 Å². The first-order valence-corrected chi connectivity index (χ1v) is 5.46. The standard InChI is InChI=1S/C12H13F2NO4/c1-19-4-2-3-11(16)15-10-6-9(14)8(13)5-7(10)12(17)18/h5-6H,2-4H2,1H3,(H,15,16)(H,17,18). The van der Waals surface area contributed by atoms with Crippen LogP contribution in [0, 0.1) is 11.6 Å². The Balaban J connectivity index is 2.84. The minimum Gasteiger partial charge on any atom is -0.478 e. The molecule has 0 saturated heterocycles. The number of hydrogen-bond donors (Lipinski definition) is 2. The molecule has 19 heavy (non-hydrogen) atoms. The molecule has 0 radical (unpaired) electrons. The van der Waals surface area contributed by atoms with Crippen LogP contribution in [0.2, 0.25) is 0 Å². The van der Waals surface area contributed by atoms with Gasteiger partial charge in [0, 0.05) is 26.2 Å². The number of carboxylic acids is 1. The van der Waals surface area contributed by atoms with Crippen molar-refractivity contribution in [1.29, 1.82) is 0 Å². The SMILES string of the molecule is COCCCC(=O)Nc1cc(F)c(F)cc1C(=O)O. The Morgan fingerprint density at radius 2 is 1.95 bits per heavy atom. The van der Waals surface area contributed by atoms with Gasteiger partial charge in [0.1, 0.15) is 0 Å². The first-order valence-electron chi connectivity index (χ1n) is 5.46. The van der Waals surface area contributed by atoms with Crippen LogP contribution < -0.4 is 5.32 Å². The number of rotatable bonds is 6. The number of methoxy groups -OCH3 is 1. The number of carbonyl (C=O) groups excluding carboxylic acids is 1. The number of hydrogen-bond acceptors (Lipinski definition) is 3. The molecular weight excluding hydrogens is 260 g/mol. The Kier molecular flexibility index (Phi) is 5.37. The first kappa shape index (κ1) is 15.0. The third-order valence-corrected chi connectivity index (χ3v) is 2.32. The molecule has 0 aliphatic rings. The fourth-order valence-corrected chi connectivity index (χ4v) is 1.42. The van der Waals surface area contributed by atoms with Gasteiger partial charge in [0.15, 0.2) is 11.6 Å². The molecule has 0 unspecified atom stereocenters. The molecule has 1 rings (SSSR count). The van der Waals surface area contributed by atoms with E-state index < -0.39 is 29.1 Å². The maximum Gasteiger partial charge on any atom is 0.337 e. The molecule has 0 heterocycles. The Morgan fingerprint density at radius 1 is 1.32 bits per heavy atom. The van der Waals surface area contributed by atoms with E-state index in [9.17, 15) is 18.4 Å². The second-order valence-electron chi connectivity index (χ2n) is 3.76. The Bertz CT molecular complexity index is 491. The van der Waals surface area contributed by atoms with Gasteiger partial charge in [-0.2, -0.15) is 0 Å². The molecule has 0 aliphatic carbocycles. The Morgan fingerprint density at radius 3 is 2.53 bits per heavy atom. The van der Waals surface area contributed by atoms with Crippen molar-refractivity contribution < 1.29 is 28.2 Å². The van der Waals surface area contributed by atoms with E-state index in [-0.39, 0.29) is 12.1 Å². The van der Waals surface area contributed by atoms with E-state index in [0.29, 0.717) is 25.2 Å². The Hall–Kier alpha value is -2.02. The smallest absolute Gasteiger partial charge is 0.337 e. The zero-order valence-corrected chi connectivity index (χ0v) is 10.2. The van der Waals surface area contributed by atoms with E-state index in [1.165, 1.54) is 7.11 Å². The van der Waals surface area contributed by atoms with Crippen LogP contribution in [0.1, 0.15) is 23.2 Å². The van der Waals surface area contributed by atoms with E-state index in [0.717, 1.165) is 0 Å². The molecular formula is C12H13F2NO4. The topological polar surface area (TPSA) is 75.6 Å². The van der Waals surface area contributed by atoms with Gasteiger partial charge in [-0.15, -0.1) is 0 Å². The van der Waals surface area contributed by atoms with Gasteiger partial charge in [0.05, 0.1) is 11.3 Å². The average Bonchev–Trinajstić information content (AvgIpc) is 2.33. The second-order valence-corrected chi connectivity index (χ2v) is 3.76. The fraction of sp³-hybridized carbons (Fsp3) is 0.333. The number of aromatic carboxylic acids is 1. The van der Waals surface area contributed by atoms with Gasteiger partial charge in [0.25, 0.3) is 0 Å². The van der Waals surface area contributed by atoms with Crippen molar-refractivity contribution in [2.45, 2.75) is 12.8 Å². The van der Waals surface area contributed by atoms with Crippen LogP contribution in [0.15, 0.2) is 12.1 Å². The lowest BCUT2D eigenvalue weighted by atomic mass is 10.1. The van der Waals surface area contributed by atoms with Crippen molar-refractivity contribution >= 4 is 17.6 Å². The highest BCUT2D eigenvalue weighted by Crippen LogP contribution is 2.20. The van der Waals surface area contributed by atoms with E-state index >= 15 is 0 Å². The van der Waals surface area contributed by atoms with Gasteiger partial charge in [-0.05, 0) is 12.5 Å². The summed E-state index contributed by atoms with van der Waals surface area (Å²) < 4.78 is 30.7. The number of ether oxygens (including phenoxy) is 1. The normalized spacial score (nSPS) is 10.3. The van der Waals surface area contributed by atoms with Crippen molar-refractivity contribution in [3.8, 4) is 0 Å². The highest BCUT2D eigenvalue weighted by atomic mass is 19.2. The molecule has 0 aliphatic heterocycles. The van der Waals surface area contributed by atoms with Crippen molar-refractivity contribution in [1.82, 2.24) is 0 Å². The van der Waals surface area contributed by atoms with Crippen LogP contribution in [0.25, 0.3) is 0 Å².